The maximum absolute atomic E-state index is 12.5. The van der Waals surface area contributed by atoms with Gasteiger partial charge in [0, 0.05) is 31.6 Å². The molecular weight excluding hydrogens is 272 g/mol. The van der Waals surface area contributed by atoms with Crippen LogP contribution in [0.15, 0.2) is 12.2 Å². The lowest BCUT2D eigenvalue weighted by atomic mass is 10.00. The third-order valence-corrected chi connectivity index (χ3v) is 4.11. The van der Waals surface area contributed by atoms with E-state index < -0.39 is 6.09 Å². The highest BCUT2D eigenvalue weighted by Crippen LogP contribution is 2.28. The molecule has 0 spiro atoms. The van der Waals surface area contributed by atoms with Gasteiger partial charge < -0.3 is 14.9 Å². The second-order valence-corrected chi connectivity index (χ2v) is 5.81. The molecule has 1 atom stereocenters. The van der Waals surface area contributed by atoms with Crippen molar-refractivity contribution in [3.05, 3.63) is 29.1 Å². The molecule has 2 aliphatic heterocycles. The first-order valence-corrected chi connectivity index (χ1v) is 6.88. The van der Waals surface area contributed by atoms with Crippen LogP contribution in [0.4, 0.5) is 4.79 Å². The van der Waals surface area contributed by atoms with Gasteiger partial charge in [-0.3, -0.25) is 9.48 Å². The Morgan fingerprint density at radius 2 is 2.10 bits per heavy atom. The Kier molecular flexibility index (Phi) is 3.00. The number of carboxylic acid groups (broad SMARTS) is 1. The molecule has 3 heterocycles. The van der Waals surface area contributed by atoms with Crippen molar-refractivity contribution in [1.29, 1.82) is 0 Å². The van der Waals surface area contributed by atoms with Crippen molar-refractivity contribution in [2.24, 2.45) is 0 Å². The van der Waals surface area contributed by atoms with Gasteiger partial charge in [0.1, 0.15) is 5.69 Å². The maximum Gasteiger partial charge on any atom is 0.407 e. The maximum atomic E-state index is 12.5. The third kappa shape index (κ3) is 2.09. The van der Waals surface area contributed by atoms with Gasteiger partial charge in [-0.05, 0) is 12.5 Å². The second-order valence-electron chi connectivity index (χ2n) is 5.81. The summed E-state index contributed by atoms with van der Waals surface area (Å²) in [6, 6.07) is -0.134. The number of hydrogen-bond donors (Lipinski definition) is 1. The zero-order chi connectivity index (χ0) is 15.3. The fraction of sp³-hybridized carbons (Fsp3) is 0.500. The first-order valence-electron chi connectivity index (χ1n) is 6.88. The molecule has 0 aromatic carbocycles. The lowest BCUT2D eigenvalue weighted by Gasteiger charge is -2.30. The standard InChI is InChI=1S/C14H18N4O3/c1-8-5-16(3)13(19)12-10-7-17(14(20)21)9(2)4-11(10)15-18(12)6-8/h9H,1,4-7H2,2-3H3,(H,20,21). The van der Waals surface area contributed by atoms with Crippen molar-refractivity contribution >= 4 is 12.0 Å². The minimum Gasteiger partial charge on any atom is -0.465 e. The zero-order valence-corrected chi connectivity index (χ0v) is 12.2. The Bertz CT molecular complexity index is 649. The van der Waals surface area contributed by atoms with Gasteiger partial charge in [-0.25, -0.2) is 4.79 Å². The summed E-state index contributed by atoms with van der Waals surface area (Å²) in [6.07, 6.45) is -0.433. The smallest absolute Gasteiger partial charge is 0.407 e. The van der Waals surface area contributed by atoms with E-state index >= 15 is 0 Å². The van der Waals surface area contributed by atoms with E-state index in [1.807, 2.05) is 6.92 Å². The van der Waals surface area contributed by atoms with Gasteiger partial charge in [0.25, 0.3) is 5.91 Å². The summed E-state index contributed by atoms with van der Waals surface area (Å²) < 4.78 is 1.68. The summed E-state index contributed by atoms with van der Waals surface area (Å²) in [5.74, 6) is -0.123. The molecule has 1 aromatic rings. The molecule has 2 aliphatic rings. The van der Waals surface area contributed by atoms with E-state index in [-0.39, 0.29) is 18.5 Å². The van der Waals surface area contributed by atoms with Gasteiger partial charge in [0.05, 0.1) is 18.8 Å². The molecule has 0 fully saturated rings. The van der Waals surface area contributed by atoms with Crippen LogP contribution in [0.5, 0.6) is 0 Å². The molecule has 1 unspecified atom stereocenters. The van der Waals surface area contributed by atoms with E-state index in [2.05, 4.69) is 11.7 Å². The van der Waals surface area contributed by atoms with Crippen molar-refractivity contribution in [1.82, 2.24) is 19.6 Å². The van der Waals surface area contributed by atoms with E-state index in [0.29, 0.717) is 25.2 Å². The summed E-state index contributed by atoms with van der Waals surface area (Å²) in [4.78, 5) is 26.8. The van der Waals surface area contributed by atoms with Crippen molar-refractivity contribution in [2.45, 2.75) is 32.5 Å². The van der Waals surface area contributed by atoms with Crippen molar-refractivity contribution < 1.29 is 14.7 Å². The van der Waals surface area contributed by atoms with Gasteiger partial charge in [-0.1, -0.05) is 6.58 Å². The summed E-state index contributed by atoms with van der Waals surface area (Å²) >= 11 is 0. The molecule has 7 heteroatoms. The van der Waals surface area contributed by atoms with E-state index in [4.69, 9.17) is 0 Å². The van der Waals surface area contributed by atoms with Crippen LogP contribution in [-0.4, -0.2) is 56.3 Å². The van der Waals surface area contributed by atoms with E-state index in [1.165, 1.54) is 4.90 Å². The monoisotopic (exact) mass is 290 g/mol. The lowest BCUT2D eigenvalue weighted by Crippen LogP contribution is -2.42. The molecule has 0 saturated heterocycles. The number of carbonyl (C=O) groups is 2. The average molecular weight is 290 g/mol. The molecule has 3 rings (SSSR count). The van der Waals surface area contributed by atoms with Gasteiger partial charge in [-0.15, -0.1) is 0 Å². The van der Waals surface area contributed by atoms with Gasteiger partial charge in [0.2, 0.25) is 0 Å². The molecular formula is C14H18N4O3. The Morgan fingerprint density at radius 3 is 2.76 bits per heavy atom. The molecule has 7 nitrogen and oxygen atoms in total. The summed E-state index contributed by atoms with van der Waals surface area (Å²) in [5.41, 5.74) is 2.98. The fourth-order valence-corrected chi connectivity index (χ4v) is 3.05. The number of rotatable bonds is 0. The first kappa shape index (κ1) is 13.7. The molecule has 1 aromatic heterocycles. The van der Waals surface area contributed by atoms with Gasteiger partial charge in [-0.2, -0.15) is 5.10 Å². The van der Waals surface area contributed by atoms with E-state index in [1.54, 1.807) is 16.6 Å². The number of hydrogen-bond acceptors (Lipinski definition) is 3. The Labute approximate surface area is 122 Å². The van der Waals surface area contributed by atoms with E-state index in [0.717, 1.165) is 16.8 Å². The molecule has 0 saturated carbocycles. The molecule has 0 bridgehead atoms. The predicted octanol–water partition coefficient (Wildman–Crippen LogP) is 0.950. The summed E-state index contributed by atoms with van der Waals surface area (Å²) in [6.45, 7) is 7.03. The van der Waals surface area contributed by atoms with E-state index in [9.17, 15) is 14.7 Å². The molecule has 2 amide bonds. The van der Waals surface area contributed by atoms with Crippen LogP contribution in [0.3, 0.4) is 0 Å². The number of nitrogens with zero attached hydrogens (tertiary/aromatic N) is 4. The molecule has 0 aliphatic carbocycles. The largest absolute Gasteiger partial charge is 0.465 e. The molecule has 0 radical (unpaired) electrons. The summed E-state index contributed by atoms with van der Waals surface area (Å²) in [7, 11) is 1.73. The predicted molar refractivity (Wildman–Crippen MR) is 75.1 cm³/mol. The van der Waals surface area contributed by atoms with Crippen LogP contribution in [0.25, 0.3) is 0 Å². The highest BCUT2D eigenvalue weighted by molar-refractivity contribution is 5.95. The minimum atomic E-state index is -0.966. The number of fused-ring (bicyclic) bond motifs is 3. The van der Waals surface area contributed by atoms with Crippen LogP contribution < -0.4 is 0 Å². The van der Waals surface area contributed by atoms with Crippen molar-refractivity contribution in [3.63, 3.8) is 0 Å². The Balaban J connectivity index is 2.09. The zero-order valence-electron chi connectivity index (χ0n) is 12.2. The number of carbonyl (C=O) groups excluding carboxylic acids is 1. The topological polar surface area (TPSA) is 78.7 Å². The van der Waals surface area contributed by atoms with Crippen molar-refractivity contribution in [2.75, 3.05) is 13.6 Å². The highest BCUT2D eigenvalue weighted by atomic mass is 16.4. The lowest BCUT2D eigenvalue weighted by molar-refractivity contribution is 0.0798. The SMILES string of the molecule is C=C1CN(C)C(=O)c2c3c(nn2C1)CC(C)N(C(=O)O)C3. The Hall–Kier alpha value is -2.31. The first-order chi connectivity index (χ1) is 9.88. The van der Waals surface area contributed by atoms with Crippen LogP contribution in [0.1, 0.15) is 28.7 Å². The number of aromatic nitrogens is 2. The normalized spacial score (nSPS) is 21.9. The Morgan fingerprint density at radius 1 is 1.38 bits per heavy atom. The second kappa shape index (κ2) is 4.61. The van der Waals surface area contributed by atoms with Crippen LogP contribution in [0.2, 0.25) is 0 Å². The molecule has 112 valence electrons. The molecule has 21 heavy (non-hydrogen) atoms. The molecule has 1 N–H and O–H groups in total. The third-order valence-electron chi connectivity index (χ3n) is 4.11. The van der Waals surface area contributed by atoms with Crippen molar-refractivity contribution in [3.8, 4) is 0 Å². The number of likely N-dealkylation sites (N-methyl/N-ethyl adjacent to an activating group) is 1. The quantitative estimate of drug-likeness (QED) is 0.722. The van der Waals surface area contributed by atoms with Gasteiger partial charge in [0.15, 0.2) is 0 Å². The van der Waals surface area contributed by atoms with Crippen LogP contribution >= 0.6 is 0 Å². The van der Waals surface area contributed by atoms with Gasteiger partial charge >= 0.3 is 6.09 Å². The highest BCUT2D eigenvalue weighted by Gasteiger charge is 2.35. The van der Waals surface area contributed by atoms with Crippen LogP contribution in [0, 0.1) is 0 Å². The average Bonchev–Trinajstić information content (AvgIpc) is 2.67. The number of amides is 2. The summed E-state index contributed by atoms with van der Waals surface area (Å²) in [5, 5.41) is 13.8. The fourth-order valence-electron chi connectivity index (χ4n) is 3.05. The van der Waals surface area contributed by atoms with Crippen LogP contribution in [-0.2, 0) is 19.5 Å². The minimum absolute atomic E-state index is 0.123.